The third kappa shape index (κ3) is 10.2. The number of aromatic amines is 2. The van der Waals surface area contributed by atoms with Gasteiger partial charge in [0.25, 0.3) is 0 Å². The number of nitrogens with zero attached hydrogens (tertiary/aromatic N) is 3. The van der Waals surface area contributed by atoms with Crippen LogP contribution in [0, 0.1) is 52.9 Å². The van der Waals surface area contributed by atoms with Crippen molar-refractivity contribution in [2.24, 2.45) is 0 Å². The van der Waals surface area contributed by atoms with E-state index in [2.05, 4.69) is 66.8 Å². The van der Waals surface area contributed by atoms with E-state index in [9.17, 15) is 10.4 Å². The average molecular weight is 682 g/mol. The zero-order valence-corrected chi connectivity index (χ0v) is 29.8. The molecule has 1 saturated heterocycles. The van der Waals surface area contributed by atoms with E-state index in [4.69, 9.17) is 9.47 Å². The van der Waals surface area contributed by atoms with Crippen LogP contribution in [-0.2, 0) is 0 Å². The van der Waals surface area contributed by atoms with Crippen molar-refractivity contribution in [3.05, 3.63) is 107 Å². The summed E-state index contributed by atoms with van der Waals surface area (Å²) in [6.45, 7) is 23.9. The van der Waals surface area contributed by atoms with E-state index in [-0.39, 0.29) is 7.43 Å². The Morgan fingerprint density at radius 3 is 2.24 bits per heavy atom. The average Bonchev–Trinajstić information content (AvgIpc) is 3.50. The van der Waals surface area contributed by atoms with Crippen LogP contribution in [0.5, 0.6) is 17.2 Å². The SMILES string of the molecule is C.C=CC(=C)Oc1ccnc2cc(OCCCN3CCSCC3)c(C#N)cc12.Cc1[nH]c(C)c(C)c1C.Cc1[nH]c2ccc(O)cc2c1C. The second kappa shape index (κ2) is 18.2. The Bertz CT molecular complexity index is 1910. The van der Waals surface area contributed by atoms with Gasteiger partial charge in [-0.25, -0.2) is 0 Å². The highest BCUT2D eigenvalue weighted by Crippen LogP contribution is 2.31. The van der Waals surface area contributed by atoms with E-state index in [0.717, 1.165) is 48.0 Å². The molecular formula is C40H51N5O3S. The van der Waals surface area contributed by atoms with Crippen LogP contribution in [0.15, 0.2) is 67.6 Å². The molecule has 3 aromatic heterocycles. The van der Waals surface area contributed by atoms with Gasteiger partial charge in [0, 0.05) is 76.8 Å². The first-order valence-corrected chi connectivity index (χ1v) is 17.3. The normalized spacial score (nSPS) is 12.5. The van der Waals surface area contributed by atoms with Crippen molar-refractivity contribution in [1.29, 1.82) is 5.26 Å². The predicted molar refractivity (Wildman–Crippen MR) is 206 cm³/mol. The Morgan fingerprint density at radius 1 is 0.959 bits per heavy atom. The van der Waals surface area contributed by atoms with Crippen molar-refractivity contribution in [2.45, 2.75) is 55.4 Å². The zero-order valence-electron chi connectivity index (χ0n) is 29.0. The largest absolute Gasteiger partial charge is 0.508 e. The lowest BCUT2D eigenvalue weighted by Crippen LogP contribution is -2.33. The molecular weight excluding hydrogens is 631 g/mol. The molecule has 0 unspecified atom stereocenters. The van der Waals surface area contributed by atoms with Crippen molar-refractivity contribution in [3.8, 4) is 23.3 Å². The molecule has 2 aromatic carbocycles. The number of phenols is 1. The smallest absolute Gasteiger partial charge is 0.139 e. The van der Waals surface area contributed by atoms with Crippen molar-refractivity contribution in [3.63, 3.8) is 0 Å². The summed E-state index contributed by atoms with van der Waals surface area (Å²) in [6.07, 6.45) is 4.14. The molecule has 5 aromatic rings. The first kappa shape index (κ1) is 38.8. The van der Waals surface area contributed by atoms with Gasteiger partial charge in [-0.2, -0.15) is 17.0 Å². The molecule has 49 heavy (non-hydrogen) atoms. The van der Waals surface area contributed by atoms with Crippen LogP contribution in [-0.4, -0.2) is 62.7 Å². The Kier molecular flexibility index (Phi) is 14.4. The summed E-state index contributed by atoms with van der Waals surface area (Å²) in [5.41, 5.74) is 10.0. The molecule has 3 N–H and O–H groups in total. The number of allylic oxidation sites excluding steroid dienone is 1. The van der Waals surface area contributed by atoms with Gasteiger partial charge in [-0.3, -0.25) is 4.98 Å². The molecule has 260 valence electrons. The van der Waals surface area contributed by atoms with E-state index in [0.29, 0.717) is 40.7 Å². The molecule has 0 saturated carbocycles. The van der Waals surface area contributed by atoms with Crippen LogP contribution in [0.4, 0.5) is 0 Å². The summed E-state index contributed by atoms with van der Waals surface area (Å²) in [5.74, 6) is 4.33. The summed E-state index contributed by atoms with van der Waals surface area (Å²) >= 11 is 2.01. The number of hydrogen-bond donors (Lipinski definition) is 3. The first-order chi connectivity index (χ1) is 23.0. The van der Waals surface area contributed by atoms with Gasteiger partial charge in [0.05, 0.1) is 17.7 Å². The van der Waals surface area contributed by atoms with Gasteiger partial charge >= 0.3 is 0 Å². The highest BCUT2D eigenvalue weighted by Gasteiger charge is 2.13. The topological polar surface area (TPSA) is 110 Å². The lowest BCUT2D eigenvalue weighted by molar-refractivity contribution is 0.248. The number of hydrogen-bond acceptors (Lipinski definition) is 7. The first-order valence-electron chi connectivity index (χ1n) is 16.2. The minimum Gasteiger partial charge on any atom is -0.508 e. The maximum Gasteiger partial charge on any atom is 0.139 e. The molecule has 1 aliphatic rings. The van der Waals surface area contributed by atoms with Gasteiger partial charge < -0.3 is 29.4 Å². The van der Waals surface area contributed by atoms with Gasteiger partial charge in [0.2, 0.25) is 0 Å². The van der Waals surface area contributed by atoms with E-state index < -0.39 is 0 Å². The summed E-state index contributed by atoms with van der Waals surface area (Å²) in [7, 11) is 0. The maximum absolute atomic E-state index is 9.52. The maximum atomic E-state index is 9.52. The van der Waals surface area contributed by atoms with Crippen LogP contribution < -0.4 is 9.47 Å². The number of thioether (sulfide) groups is 1. The van der Waals surface area contributed by atoms with Crippen molar-refractivity contribution in [2.75, 3.05) is 37.7 Å². The number of aromatic nitrogens is 3. The third-order valence-corrected chi connectivity index (χ3v) is 9.67. The number of nitrogens with one attached hydrogen (secondary N) is 2. The number of phenolic OH excluding ortho intramolecular Hbond substituents is 1. The number of rotatable bonds is 8. The van der Waals surface area contributed by atoms with Gasteiger partial charge in [0.15, 0.2) is 0 Å². The van der Waals surface area contributed by atoms with Gasteiger partial charge in [0.1, 0.15) is 29.1 Å². The Hall–Kier alpha value is -4.65. The molecule has 9 heteroatoms. The number of nitriles is 1. The molecule has 0 bridgehead atoms. The van der Waals surface area contributed by atoms with Crippen molar-refractivity contribution in [1.82, 2.24) is 19.9 Å². The molecule has 1 fully saturated rings. The molecule has 6 rings (SSSR count). The number of aryl methyl sites for hydroxylation is 4. The van der Waals surface area contributed by atoms with E-state index in [1.165, 1.54) is 45.7 Å². The highest BCUT2D eigenvalue weighted by atomic mass is 32.2. The molecule has 4 heterocycles. The fourth-order valence-electron chi connectivity index (χ4n) is 5.40. The summed E-state index contributed by atoms with van der Waals surface area (Å²) < 4.78 is 11.6. The van der Waals surface area contributed by atoms with Crippen LogP contribution >= 0.6 is 11.8 Å². The van der Waals surface area contributed by atoms with E-state index in [1.807, 2.05) is 31.7 Å². The van der Waals surface area contributed by atoms with E-state index >= 15 is 0 Å². The van der Waals surface area contributed by atoms with Crippen LogP contribution in [0.25, 0.3) is 21.8 Å². The predicted octanol–water partition coefficient (Wildman–Crippen LogP) is 9.38. The van der Waals surface area contributed by atoms with Crippen molar-refractivity contribution >= 4 is 33.6 Å². The number of aromatic hydroxyl groups is 1. The van der Waals surface area contributed by atoms with Crippen molar-refractivity contribution < 1.29 is 14.6 Å². The van der Waals surface area contributed by atoms with Crippen LogP contribution in [0.1, 0.15) is 53.2 Å². The lowest BCUT2D eigenvalue weighted by atomic mass is 10.1. The fraction of sp³-hybridized carbons (Fsp3) is 0.350. The summed E-state index contributed by atoms with van der Waals surface area (Å²) in [4.78, 5) is 13.4. The van der Waals surface area contributed by atoms with Crippen LogP contribution in [0.3, 0.4) is 0 Å². The zero-order chi connectivity index (χ0) is 34.8. The Labute approximate surface area is 295 Å². The second-order valence-electron chi connectivity index (χ2n) is 11.9. The monoisotopic (exact) mass is 681 g/mol. The lowest BCUT2D eigenvalue weighted by Gasteiger charge is -2.25. The molecule has 0 atom stereocenters. The summed E-state index contributed by atoms with van der Waals surface area (Å²) in [5, 5.41) is 20.6. The molecule has 8 nitrogen and oxygen atoms in total. The minimum absolute atomic E-state index is 0. The van der Waals surface area contributed by atoms with E-state index in [1.54, 1.807) is 36.5 Å². The number of H-pyrrole nitrogens is 2. The molecule has 0 spiro atoms. The number of benzene rings is 2. The molecule has 1 aliphatic heterocycles. The highest BCUT2D eigenvalue weighted by molar-refractivity contribution is 7.99. The van der Waals surface area contributed by atoms with Gasteiger partial charge in [-0.1, -0.05) is 20.6 Å². The Balaban J connectivity index is 0.000000242. The molecule has 0 radical (unpaired) electrons. The standard InChI is InChI=1S/C21H23N3O2S.C10H11NO.C8H13N.CH4/c1-3-16(2)26-20-5-6-23-19-14-21(17(15-22)13-18(19)20)25-10-4-7-24-8-11-27-12-9-24;1-6-7(2)11-10-4-3-8(12)5-9(6)10;1-5-6(2)8(4)9-7(5)3;/h3,5-6,13-14H,1-2,4,7-12H2;3-5,11-12H,1-2H3;9H,1-4H3;1H4. The quantitative estimate of drug-likeness (QED) is 0.0850. The number of fused-ring (bicyclic) bond motifs is 2. The minimum atomic E-state index is 0. The van der Waals surface area contributed by atoms with Gasteiger partial charge in [-0.15, -0.1) is 0 Å². The second-order valence-corrected chi connectivity index (χ2v) is 13.2. The van der Waals surface area contributed by atoms with Gasteiger partial charge in [-0.05, 0) is 101 Å². The molecule has 0 aliphatic carbocycles. The number of pyridine rings is 1. The fourth-order valence-corrected chi connectivity index (χ4v) is 6.38. The Morgan fingerprint density at radius 2 is 1.63 bits per heavy atom. The van der Waals surface area contributed by atoms with Crippen LogP contribution in [0.2, 0.25) is 0 Å². The third-order valence-electron chi connectivity index (χ3n) is 8.73. The summed E-state index contributed by atoms with van der Waals surface area (Å²) in [6, 6.07) is 12.9. The number of ether oxygens (including phenoxy) is 2. The molecule has 0 amide bonds.